The van der Waals surface area contributed by atoms with Crippen molar-refractivity contribution < 1.29 is 9.53 Å². The first-order chi connectivity index (χ1) is 7.76. The number of rotatable bonds is 3. The number of hydrogen-bond acceptors (Lipinski definition) is 2. The molecule has 0 aliphatic carbocycles. The standard InChI is InChI=1S/C14H14O2/c1-3-12-7-5-8-13(11-12)9-6-10-14(15)16-4-2/h3,5,7-8,11H,1,4,10H2,2H3. The number of benzene rings is 1. The van der Waals surface area contributed by atoms with E-state index in [0.29, 0.717) is 6.61 Å². The van der Waals surface area contributed by atoms with Crippen molar-refractivity contribution in [3.63, 3.8) is 0 Å². The Bertz CT molecular complexity index is 436. The first-order valence-corrected chi connectivity index (χ1v) is 5.13. The van der Waals surface area contributed by atoms with E-state index in [1.807, 2.05) is 24.3 Å². The van der Waals surface area contributed by atoms with Crippen LogP contribution in [0, 0.1) is 11.8 Å². The molecule has 0 aliphatic rings. The molecule has 0 unspecified atom stereocenters. The molecule has 0 bridgehead atoms. The Morgan fingerprint density at radius 3 is 3.06 bits per heavy atom. The second kappa shape index (κ2) is 6.47. The minimum Gasteiger partial charge on any atom is -0.465 e. The first-order valence-electron chi connectivity index (χ1n) is 5.13. The van der Waals surface area contributed by atoms with E-state index in [1.165, 1.54) is 0 Å². The summed E-state index contributed by atoms with van der Waals surface area (Å²) in [6.07, 6.45) is 1.89. The maximum Gasteiger partial charge on any atom is 0.317 e. The quantitative estimate of drug-likeness (QED) is 0.571. The van der Waals surface area contributed by atoms with Gasteiger partial charge in [0.05, 0.1) is 6.61 Å². The van der Waals surface area contributed by atoms with Gasteiger partial charge >= 0.3 is 5.97 Å². The first kappa shape index (κ1) is 12.1. The van der Waals surface area contributed by atoms with Gasteiger partial charge in [0.15, 0.2) is 0 Å². The highest BCUT2D eigenvalue weighted by molar-refractivity contribution is 5.72. The predicted octanol–water partition coefficient (Wildman–Crippen LogP) is 2.63. The summed E-state index contributed by atoms with van der Waals surface area (Å²) in [5, 5.41) is 0. The second-order valence-electron chi connectivity index (χ2n) is 3.11. The van der Waals surface area contributed by atoms with E-state index in [-0.39, 0.29) is 12.4 Å². The molecule has 2 heteroatoms. The smallest absolute Gasteiger partial charge is 0.317 e. The molecule has 0 N–H and O–H groups in total. The molecule has 1 aromatic rings. The van der Waals surface area contributed by atoms with E-state index in [0.717, 1.165) is 11.1 Å². The van der Waals surface area contributed by atoms with Crippen molar-refractivity contribution in [2.45, 2.75) is 13.3 Å². The molecular formula is C14H14O2. The molecule has 0 radical (unpaired) electrons. The van der Waals surface area contributed by atoms with Gasteiger partial charge in [-0.1, -0.05) is 36.6 Å². The summed E-state index contributed by atoms with van der Waals surface area (Å²) in [5.41, 5.74) is 1.89. The SMILES string of the molecule is C=Cc1cccc(C#CCC(=O)OCC)c1. The van der Waals surface area contributed by atoms with Crippen LogP contribution < -0.4 is 0 Å². The van der Waals surface area contributed by atoms with Gasteiger partial charge in [-0.3, -0.25) is 4.79 Å². The Labute approximate surface area is 95.9 Å². The Hall–Kier alpha value is -2.01. The molecule has 0 aromatic heterocycles. The van der Waals surface area contributed by atoms with E-state index in [4.69, 9.17) is 4.74 Å². The zero-order valence-corrected chi connectivity index (χ0v) is 9.32. The van der Waals surface area contributed by atoms with Gasteiger partial charge in [-0.25, -0.2) is 0 Å². The van der Waals surface area contributed by atoms with E-state index < -0.39 is 0 Å². The van der Waals surface area contributed by atoms with Crippen LogP contribution in [0.2, 0.25) is 0 Å². The average Bonchev–Trinajstić information content (AvgIpc) is 2.30. The lowest BCUT2D eigenvalue weighted by Crippen LogP contribution is -2.01. The van der Waals surface area contributed by atoms with Crippen molar-refractivity contribution in [1.29, 1.82) is 0 Å². The van der Waals surface area contributed by atoms with E-state index >= 15 is 0 Å². The summed E-state index contributed by atoms with van der Waals surface area (Å²) in [4.78, 5) is 11.0. The van der Waals surface area contributed by atoms with Gasteiger partial charge in [-0.15, -0.1) is 0 Å². The zero-order valence-electron chi connectivity index (χ0n) is 9.32. The summed E-state index contributed by atoms with van der Waals surface area (Å²) >= 11 is 0. The van der Waals surface area contributed by atoms with Crippen molar-refractivity contribution in [1.82, 2.24) is 0 Å². The molecule has 2 nitrogen and oxygen atoms in total. The lowest BCUT2D eigenvalue weighted by Gasteiger charge is -1.95. The van der Waals surface area contributed by atoms with Crippen molar-refractivity contribution in [2.24, 2.45) is 0 Å². The predicted molar refractivity (Wildman–Crippen MR) is 64.7 cm³/mol. The normalized spacial score (nSPS) is 8.81. The van der Waals surface area contributed by atoms with Gasteiger partial charge in [0.1, 0.15) is 6.42 Å². The average molecular weight is 214 g/mol. The lowest BCUT2D eigenvalue weighted by molar-refractivity contribution is -0.141. The monoisotopic (exact) mass is 214 g/mol. The van der Waals surface area contributed by atoms with E-state index in [2.05, 4.69) is 18.4 Å². The van der Waals surface area contributed by atoms with Crippen LogP contribution in [0.15, 0.2) is 30.8 Å². The number of esters is 1. The summed E-state index contributed by atoms with van der Waals surface area (Å²) < 4.78 is 4.77. The van der Waals surface area contributed by atoms with Crippen LogP contribution in [0.5, 0.6) is 0 Å². The van der Waals surface area contributed by atoms with Crippen molar-refractivity contribution >= 4 is 12.0 Å². The molecule has 1 rings (SSSR count). The number of ether oxygens (including phenoxy) is 1. The fourth-order valence-corrected chi connectivity index (χ4v) is 1.17. The highest BCUT2D eigenvalue weighted by Gasteiger charge is 1.96. The topological polar surface area (TPSA) is 26.3 Å². The fraction of sp³-hybridized carbons (Fsp3) is 0.214. The van der Waals surface area contributed by atoms with Crippen LogP contribution in [0.25, 0.3) is 6.08 Å². The maximum atomic E-state index is 11.0. The molecule has 0 amide bonds. The number of carbonyl (C=O) groups is 1. The number of carbonyl (C=O) groups excluding carboxylic acids is 1. The molecule has 0 spiro atoms. The Balaban J connectivity index is 2.62. The Morgan fingerprint density at radius 1 is 1.56 bits per heavy atom. The molecule has 0 aliphatic heterocycles. The molecule has 0 fully saturated rings. The van der Waals surface area contributed by atoms with Crippen LogP contribution in [-0.2, 0) is 9.53 Å². The second-order valence-corrected chi connectivity index (χ2v) is 3.11. The van der Waals surface area contributed by atoms with Gasteiger partial charge < -0.3 is 4.74 Å². The molecule has 0 saturated carbocycles. The zero-order chi connectivity index (χ0) is 11.8. The Kier molecular flexibility index (Phi) is 4.88. The Morgan fingerprint density at radius 2 is 2.38 bits per heavy atom. The van der Waals surface area contributed by atoms with Crippen LogP contribution in [0.1, 0.15) is 24.5 Å². The third kappa shape index (κ3) is 4.02. The minimum absolute atomic E-state index is 0.131. The van der Waals surface area contributed by atoms with Gasteiger partial charge in [-0.2, -0.15) is 0 Å². The molecule has 16 heavy (non-hydrogen) atoms. The van der Waals surface area contributed by atoms with Gasteiger partial charge in [0.2, 0.25) is 0 Å². The third-order valence-corrected chi connectivity index (χ3v) is 1.89. The third-order valence-electron chi connectivity index (χ3n) is 1.89. The lowest BCUT2D eigenvalue weighted by atomic mass is 10.1. The van der Waals surface area contributed by atoms with Crippen LogP contribution in [0.4, 0.5) is 0 Å². The summed E-state index contributed by atoms with van der Waals surface area (Å²) in [6.45, 7) is 5.85. The number of hydrogen-bond donors (Lipinski definition) is 0. The highest BCUT2D eigenvalue weighted by Crippen LogP contribution is 2.04. The van der Waals surface area contributed by atoms with Crippen LogP contribution in [-0.4, -0.2) is 12.6 Å². The van der Waals surface area contributed by atoms with Crippen molar-refractivity contribution in [3.05, 3.63) is 42.0 Å². The van der Waals surface area contributed by atoms with Crippen molar-refractivity contribution in [3.8, 4) is 11.8 Å². The van der Waals surface area contributed by atoms with Crippen molar-refractivity contribution in [2.75, 3.05) is 6.61 Å². The van der Waals surface area contributed by atoms with E-state index in [1.54, 1.807) is 13.0 Å². The van der Waals surface area contributed by atoms with E-state index in [9.17, 15) is 4.79 Å². The summed E-state index contributed by atoms with van der Waals surface area (Å²) in [5.74, 6) is 5.41. The van der Waals surface area contributed by atoms with Crippen LogP contribution in [0.3, 0.4) is 0 Å². The van der Waals surface area contributed by atoms with Gasteiger partial charge in [-0.05, 0) is 24.6 Å². The minimum atomic E-state index is -0.283. The fourth-order valence-electron chi connectivity index (χ4n) is 1.17. The summed E-state index contributed by atoms with van der Waals surface area (Å²) in [6, 6.07) is 7.67. The molecular weight excluding hydrogens is 200 g/mol. The molecule has 82 valence electrons. The molecule has 0 heterocycles. The molecule has 0 saturated heterocycles. The van der Waals surface area contributed by atoms with Gasteiger partial charge in [0.25, 0.3) is 0 Å². The molecule has 0 atom stereocenters. The largest absolute Gasteiger partial charge is 0.465 e. The molecule has 1 aromatic carbocycles. The highest BCUT2D eigenvalue weighted by atomic mass is 16.5. The summed E-state index contributed by atoms with van der Waals surface area (Å²) in [7, 11) is 0. The van der Waals surface area contributed by atoms with Crippen LogP contribution >= 0.6 is 0 Å². The maximum absolute atomic E-state index is 11.0. The van der Waals surface area contributed by atoms with Gasteiger partial charge in [0, 0.05) is 5.56 Å².